The van der Waals surface area contributed by atoms with Crippen LogP contribution in [0.25, 0.3) is 0 Å². The number of hydrogen-bond acceptors (Lipinski definition) is 4. The van der Waals surface area contributed by atoms with E-state index in [-0.39, 0.29) is 11.1 Å². The lowest BCUT2D eigenvalue weighted by Gasteiger charge is -2.12. The fourth-order valence-electron chi connectivity index (χ4n) is 1.38. The minimum absolute atomic E-state index is 0.0570. The number of sulfone groups is 1. The predicted octanol–water partition coefficient (Wildman–Crippen LogP) is 0.522. The summed E-state index contributed by atoms with van der Waals surface area (Å²) in [6.07, 6.45) is 3.27. The van der Waals surface area contributed by atoms with Crippen molar-refractivity contribution in [2.75, 3.05) is 0 Å². The molecule has 1 saturated carbocycles. The zero-order chi connectivity index (χ0) is 12.5. The average Bonchev–Trinajstić information content (AvgIpc) is 3.13. The molecule has 2 rings (SSSR count). The number of hydrogen-bond donors (Lipinski definition) is 1. The Kier molecular flexibility index (Phi) is 3.15. The first-order chi connectivity index (χ1) is 8.01. The first-order valence-electron chi connectivity index (χ1n) is 5.47. The summed E-state index contributed by atoms with van der Waals surface area (Å²) in [6.45, 7) is 1.39. The van der Waals surface area contributed by atoms with E-state index < -0.39 is 21.0 Å². The first-order valence-corrected chi connectivity index (χ1v) is 7.02. The van der Waals surface area contributed by atoms with Gasteiger partial charge in [0.2, 0.25) is 15.7 Å². The van der Waals surface area contributed by atoms with Gasteiger partial charge in [-0.3, -0.25) is 4.79 Å². The molecule has 0 spiro atoms. The number of rotatable bonds is 4. The molecule has 5 nitrogen and oxygen atoms in total. The lowest BCUT2D eigenvalue weighted by molar-refractivity contribution is -0.120. The van der Waals surface area contributed by atoms with E-state index in [2.05, 4.69) is 10.3 Å². The number of amides is 1. The Hall–Kier alpha value is -1.43. The smallest absolute Gasteiger partial charge is 0.238 e. The summed E-state index contributed by atoms with van der Waals surface area (Å²) < 4.78 is 24.1. The summed E-state index contributed by atoms with van der Waals surface area (Å²) in [5, 5.41) is 1.53. The highest BCUT2D eigenvalue weighted by molar-refractivity contribution is 7.92. The lowest BCUT2D eigenvalue weighted by atomic mass is 10.4. The van der Waals surface area contributed by atoms with E-state index in [9.17, 15) is 13.2 Å². The number of aromatic nitrogens is 1. The fourth-order valence-corrected chi connectivity index (χ4v) is 2.57. The highest BCUT2D eigenvalue weighted by atomic mass is 32.2. The lowest BCUT2D eigenvalue weighted by Crippen LogP contribution is -2.39. The van der Waals surface area contributed by atoms with Gasteiger partial charge in [0.25, 0.3) is 0 Å². The second-order valence-corrected chi connectivity index (χ2v) is 6.35. The molecule has 0 bridgehead atoms. The maximum Gasteiger partial charge on any atom is 0.238 e. The molecule has 1 unspecified atom stereocenters. The van der Waals surface area contributed by atoms with Gasteiger partial charge in [0.05, 0.1) is 0 Å². The van der Waals surface area contributed by atoms with E-state index >= 15 is 0 Å². The zero-order valence-corrected chi connectivity index (χ0v) is 10.3. The molecule has 1 amide bonds. The molecule has 1 aliphatic carbocycles. The first kappa shape index (κ1) is 12.0. The van der Waals surface area contributed by atoms with Crippen LogP contribution in [0.2, 0.25) is 0 Å². The van der Waals surface area contributed by atoms with Crippen LogP contribution in [-0.2, 0) is 14.6 Å². The molecule has 6 heteroatoms. The van der Waals surface area contributed by atoms with Crippen molar-refractivity contribution in [2.45, 2.75) is 36.1 Å². The molecule has 1 fully saturated rings. The molecular weight excluding hydrogens is 240 g/mol. The Labute approximate surface area is 100 Å². The molecule has 1 atom stereocenters. The fraction of sp³-hybridized carbons (Fsp3) is 0.455. The summed E-state index contributed by atoms with van der Waals surface area (Å²) in [5.41, 5.74) is 0. The van der Waals surface area contributed by atoms with Crippen molar-refractivity contribution < 1.29 is 13.2 Å². The van der Waals surface area contributed by atoms with Crippen LogP contribution < -0.4 is 5.32 Å². The standard InChI is InChI=1S/C11H14N2O3S/c1-8(11(14)13-9-5-6-9)17(15,16)10-4-2-3-7-12-10/h2-4,7-9H,5-6H2,1H3,(H,13,14). The minimum Gasteiger partial charge on any atom is -0.352 e. The van der Waals surface area contributed by atoms with E-state index in [0.29, 0.717) is 0 Å². The molecule has 1 aliphatic rings. The van der Waals surface area contributed by atoms with Crippen LogP contribution in [0.4, 0.5) is 0 Å². The molecular formula is C11H14N2O3S. The molecule has 92 valence electrons. The van der Waals surface area contributed by atoms with Crippen LogP contribution in [0, 0.1) is 0 Å². The van der Waals surface area contributed by atoms with Gasteiger partial charge < -0.3 is 5.32 Å². The van der Waals surface area contributed by atoms with Crippen LogP contribution in [0.1, 0.15) is 19.8 Å². The second-order valence-electron chi connectivity index (χ2n) is 4.14. The van der Waals surface area contributed by atoms with Crippen LogP contribution in [0.15, 0.2) is 29.4 Å². The van der Waals surface area contributed by atoms with Gasteiger partial charge in [-0.15, -0.1) is 0 Å². The Morgan fingerprint density at radius 3 is 2.71 bits per heavy atom. The predicted molar refractivity (Wildman–Crippen MR) is 62.0 cm³/mol. The third-order valence-corrected chi connectivity index (χ3v) is 4.66. The Balaban J connectivity index is 2.17. The van der Waals surface area contributed by atoms with Crippen LogP contribution in [-0.4, -0.2) is 30.6 Å². The highest BCUT2D eigenvalue weighted by Gasteiger charge is 2.33. The van der Waals surface area contributed by atoms with Crippen molar-refractivity contribution in [1.82, 2.24) is 10.3 Å². The highest BCUT2D eigenvalue weighted by Crippen LogP contribution is 2.20. The SMILES string of the molecule is CC(C(=O)NC1CC1)S(=O)(=O)c1ccccn1. The normalized spacial score (nSPS) is 17.5. The van der Waals surface area contributed by atoms with Gasteiger partial charge in [-0.1, -0.05) is 6.07 Å². The van der Waals surface area contributed by atoms with Crippen molar-refractivity contribution in [1.29, 1.82) is 0 Å². The Bertz CT molecular complexity index is 509. The topological polar surface area (TPSA) is 76.1 Å². The van der Waals surface area contributed by atoms with E-state index in [1.54, 1.807) is 12.1 Å². The maximum atomic E-state index is 12.1. The Morgan fingerprint density at radius 2 is 2.18 bits per heavy atom. The number of pyridine rings is 1. The van der Waals surface area contributed by atoms with Gasteiger partial charge in [-0.25, -0.2) is 13.4 Å². The molecule has 0 radical (unpaired) electrons. The number of carbonyl (C=O) groups excluding carboxylic acids is 1. The van der Waals surface area contributed by atoms with E-state index in [4.69, 9.17) is 0 Å². The summed E-state index contributed by atoms with van der Waals surface area (Å²) >= 11 is 0. The van der Waals surface area contributed by atoms with E-state index in [1.807, 2.05) is 0 Å². The summed E-state index contributed by atoms with van der Waals surface area (Å²) in [6, 6.07) is 4.78. The van der Waals surface area contributed by atoms with Gasteiger partial charge >= 0.3 is 0 Å². The Morgan fingerprint density at radius 1 is 1.47 bits per heavy atom. The minimum atomic E-state index is -3.68. The van der Waals surface area contributed by atoms with Gasteiger partial charge in [0, 0.05) is 12.2 Å². The zero-order valence-electron chi connectivity index (χ0n) is 9.46. The van der Waals surface area contributed by atoms with Crippen LogP contribution in [0.3, 0.4) is 0 Å². The number of nitrogens with zero attached hydrogens (tertiary/aromatic N) is 1. The summed E-state index contributed by atoms with van der Waals surface area (Å²) in [4.78, 5) is 15.5. The van der Waals surface area contributed by atoms with Crippen LogP contribution >= 0.6 is 0 Å². The van der Waals surface area contributed by atoms with Crippen molar-refractivity contribution in [3.8, 4) is 0 Å². The largest absolute Gasteiger partial charge is 0.352 e. The van der Waals surface area contributed by atoms with Crippen molar-refractivity contribution in [3.05, 3.63) is 24.4 Å². The molecule has 17 heavy (non-hydrogen) atoms. The maximum absolute atomic E-state index is 12.1. The average molecular weight is 254 g/mol. The molecule has 0 aromatic carbocycles. The van der Waals surface area contributed by atoms with E-state index in [0.717, 1.165) is 12.8 Å². The van der Waals surface area contributed by atoms with Gasteiger partial charge in [0.15, 0.2) is 5.03 Å². The van der Waals surface area contributed by atoms with Gasteiger partial charge in [-0.05, 0) is 31.9 Å². The quantitative estimate of drug-likeness (QED) is 0.850. The van der Waals surface area contributed by atoms with E-state index in [1.165, 1.54) is 19.2 Å². The molecule has 1 heterocycles. The van der Waals surface area contributed by atoms with Crippen LogP contribution in [0.5, 0.6) is 0 Å². The molecule has 1 aromatic heterocycles. The number of nitrogens with one attached hydrogen (secondary N) is 1. The molecule has 1 aromatic rings. The molecule has 1 N–H and O–H groups in total. The number of carbonyl (C=O) groups is 1. The van der Waals surface area contributed by atoms with Gasteiger partial charge in [0.1, 0.15) is 5.25 Å². The summed E-state index contributed by atoms with van der Waals surface area (Å²) in [7, 11) is -3.68. The summed E-state index contributed by atoms with van der Waals surface area (Å²) in [5.74, 6) is -0.446. The second kappa shape index (κ2) is 4.44. The van der Waals surface area contributed by atoms with Crippen molar-refractivity contribution in [3.63, 3.8) is 0 Å². The third-order valence-electron chi connectivity index (χ3n) is 2.69. The monoisotopic (exact) mass is 254 g/mol. The van der Waals surface area contributed by atoms with Crippen molar-refractivity contribution in [2.24, 2.45) is 0 Å². The van der Waals surface area contributed by atoms with Gasteiger partial charge in [-0.2, -0.15) is 0 Å². The molecule has 0 saturated heterocycles. The molecule has 0 aliphatic heterocycles. The third kappa shape index (κ3) is 2.63. The van der Waals surface area contributed by atoms with Crippen molar-refractivity contribution >= 4 is 15.7 Å².